The van der Waals surface area contributed by atoms with Crippen LogP contribution in [-0.4, -0.2) is 29.9 Å². The van der Waals surface area contributed by atoms with Crippen LogP contribution in [0.25, 0.3) is 0 Å². The van der Waals surface area contributed by atoms with Gasteiger partial charge in [0, 0.05) is 24.3 Å². The third kappa shape index (κ3) is 5.84. The SMILES string of the molecule is CCN(CC)C(=O)c1ccc(CN=C(N)Nc2cccc(C(C)C)c2)cc1. The minimum Gasteiger partial charge on any atom is -0.370 e. The van der Waals surface area contributed by atoms with Crippen LogP contribution in [-0.2, 0) is 6.54 Å². The predicted molar refractivity (Wildman–Crippen MR) is 113 cm³/mol. The Labute approximate surface area is 162 Å². The summed E-state index contributed by atoms with van der Waals surface area (Å²) in [6.07, 6.45) is 0. The van der Waals surface area contributed by atoms with Gasteiger partial charge in [-0.1, -0.05) is 38.1 Å². The molecule has 0 aliphatic rings. The molecule has 0 aliphatic heterocycles. The molecule has 0 unspecified atom stereocenters. The monoisotopic (exact) mass is 366 g/mol. The number of rotatable bonds is 7. The number of aliphatic imine (C=N–C) groups is 1. The van der Waals surface area contributed by atoms with Crippen molar-refractivity contribution in [3.63, 3.8) is 0 Å². The summed E-state index contributed by atoms with van der Waals surface area (Å²) in [6, 6.07) is 15.7. The zero-order chi connectivity index (χ0) is 19.8. The molecular formula is C22H30N4O. The molecule has 0 radical (unpaired) electrons. The van der Waals surface area contributed by atoms with Crippen molar-refractivity contribution < 1.29 is 4.79 Å². The Kier molecular flexibility index (Phi) is 7.41. The lowest BCUT2D eigenvalue weighted by Gasteiger charge is -2.18. The summed E-state index contributed by atoms with van der Waals surface area (Å²) < 4.78 is 0. The van der Waals surface area contributed by atoms with E-state index in [2.05, 4.69) is 36.3 Å². The molecule has 5 nitrogen and oxygen atoms in total. The van der Waals surface area contributed by atoms with Crippen molar-refractivity contribution in [3.05, 3.63) is 65.2 Å². The van der Waals surface area contributed by atoms with Crippen LogP contribution in [0.15, 0.2) is 53.5 Å². The normalized spacial score (nSPS) is 11.5. The van der Waals surface area contributed by atoms with Crippen molar-refractivity contribution in [1.82, 2.24) is 4.90 Å². The first-order chi connectivity index (χ1) is 12.9. The molecule has 0 heterocycles. The summed E-state index contributed by atoms with van der Waals surface area (Å²) in [5.74, 6) is 0.892. The number of guanidine groups is 1. The van der Waals surface area contributed by atoms with Crippen molar-refractivity contribution in [3.8, 4) is 0 Å². The number of hydrogen-bond donors (Lipinski definition) is 2. The second kappa shape index (κ2) is 9.76. The molecule has 0 saturated heterocycles. The molecule has 0 aliphatic carbocycles. The van der Waals surface area contributed by atoms with E-state index in [4.69, 9.17) is 5.73 Å². The number of carbonyl (C=O) groups is 1. The van der Waals surface area contributed by atoms with Gasteiger partial charge >= 0.3 is 0 Å². The van der Waals surface area contributed by atoms with Crippen molar-refractivity contribution in [2.24, 2.45) is 10.7 Å². The van der Waals surface area contributed by atoms with Crippen LogP contribution in [0.1, 0.15) is 55.1 Å². The van der Waals surface area contributed by atoms with Gasteiger partial charge in [-0.3, -0.25) is 4.79 Å². The van der Waals surface area contributed by atoms with Crippen molar-refractivity contribution in [2.75, 3.05) is 18.4 Å². The summed E-state index contributed by atoms with van der Waals surface area (Å²) in [5.41, 5.74) is 9.90. The van der Waals surface area contributed by atoms with Crippen molar-refractivity contribution >= 4 is 17.6 Å². The topological polar surface area (TPSA) is 70.7 Å². The molecule has 0 atom stereocenters. The van der Waals surface area contributed by atoms with Crippen molar-refractivity contribution in [2.45, 2.75) is 40.2 Å². The summed E-state index contributed by atoms with van der Waals surface area (Å²) in [7, 11) is 0. The number of carbonyl (C=O) groups excluding carboxylic acids is 1. The van der Waals surface area contributed by atoms with E-state index in [1.54, 1.807) is 4.90 Å². The molecule has 1 amide bonds. The van der Waals surface area contributed by atoms with Gasteiger partial charge in [0.05, 0.1) is 6.54 Å². The Morgan fingerprint density at radius 2 is 1.78 bits per heavy atom. The number of hydrogen-bond acceptors (Lipinski definition) is 2. The van der Waals surface area contributed by atoms with Gasteiger partial charge < -0.3 is 16.0 Å². The minimum absolute atomic E-state index is 0.0567. The third-order valence-corrected chi connectivity index (χ3v) is 4.51. The van der Waals surface area contributed by atoms with E-state index in [-0.39, 0.29) is 5.91 Å². The summed E-state index contributed by atoms with van der Waals surface area (Å²) in [4.78, 5) is 18.5. The Morgan fingerprint density at radius 1 is 1.11 bits per heavy atom. The molecule has 2 aromatic rings. The minimum atomic E-state index is 0.0567. The maximum absolute atomic E-state index is 12.3. The standard InChI is InChI=1S/C22H30N4O/c1-5-26(6-2)21(27)18-12-10-17(11-13-18)15-24-22(23)25-20-9-7-8-19(14-20)16(3)4/h7-14,16H,5-6,15H2,1-4H3,(H3,23,24,25). The highest BCUT2D eigenvalue weighted by atomic mass is 16.2. The van der Waals surface area contributed by atoms with Crippen LogP contribution in [0.5, 0.6) is 0 Å². The first-order valence-corrected chi connectivity index (χ1v) is 9.49. The fourth-order valence-electron chi connectivity index (χ4n) is 2.79. The second-order valence-corrected chi connectivity index (χ2v) is 6.78. The van der Waals surface area contributed by atoms with Gasteiger partial charge in [-0.05, 0) is 55.2 Å². The second-order valence-electron chi connectivity index (χ2n) is 6.78. The van der Waals surface area contributed by atoms with Gasteiger partial charge in [-0.15, -0.1) is 0 Å². The number of nitrogens with two attached hydrogens (primary N) is 1. The maximum atomic E-state index is 12.3. The van der Waals surface area contributed by atoms with Gasteiger partial charge in [-0.2, -0.15) is 0 Å². The molecule has 27 heavy (non-hydrogen) atoms. The highest BCUT2D eigenvalue weighted by molar-refractivity contribution is 5.94. The predicted octanol–water partition coefficient (Wildman–Crippen LogP) is 4.22. The molecule has 0 spiro atoms. The number of benzene rings is 2. The highest BCUT2D eigenvalue weighted by Gasteiger charge is 2.11. The molecule has 2 aromatic carbocycles. The van der Waals surface area contributed by atoms with E-state index in [9.17, 15) is 4.79 Å². The zero-order valence-corrected chi connectivity index (χ0v) is 16.7. The molecule has 144 valence electrons. The molecule has 0 bridgehead atoms. The van der Waals surface area contributed by atoms with E-state index in [0.717, 1.165) is 11.3 Å². The van der Waals surface area contributed by atoms with E-state index in [1.165, 1.54) is 5.56 Å². The third-order valence-electron chi connectivity index (χ3n) is 4.51. The molecule has 0 saturated carbocycles. The fourth-order valence-corrected chi connectivity index (χ4v) is 2.79. The van der Waals surface area contributed by atoms with E-state index >= 15 is 0 Å². The van der Waals surface area contributed by atoms with Gasteiger partial charge in [-0.25, -0.2) is 4.99 Å². The van der Waals surface area contributed by atoms with E-state index in [1.807, 2.05) is 50.2 Å². The average molecular weight is 367 g/mol. The number of nitrogens with one attached hydrogen (secondary N) is 1. The average Bonchev–Trinajstić information content (AvgIpc) is 2.68. The molecular weight excluding hydrogens is 336 g/mol. The first kappa shape index (κ1) is 20.5. The molecule has 3 N–H and O–H groups in total. The highest BCUT2D eigenvalue weighted by Crippen LogP contribution is 2.18. The van der Waals surface area contributed by atoms with Crippen LogP contribution in [0.3, 0.4) is 0 Å². The Morgan fingerprint density at radius 3 is 2.37 bits per heavy atom. The Balaban J connectivity index is 1.98. The van der Waals surface area contributed by atoms with Gasteiger partial charge in [0.2, 0.25) is 0 Å². The molecule has 5 heteroatoms. The van der Waals surface area contributed by atoms with E-state index < -0.39 is 0 Å². The largest absolute Gasteiger partial charge is 0.370 e. The summed E-state index contributed by atoms with van der Waals surface area (Å²) >= 11 is 0. The smallest absolute Gasteiger partial charge is 0.253 e. The zero-order valence-electron chi connectivity index (χ0n) is 16.7. The fraction of sp³-hybridized carbons (Fsp3) is 0.364. The van der Waals surface area contributed by atoms with Crippen LogP contribution in [0.4, 0.5) is 5.69 Å². The lowest BCUT2D eigenvalue weighted by molar-refractivity contribution is 0.0773. The first-order valence-electron chi connectivity index (χ1n) is 9.49. The maximum Gasteiger partial charge on any atom is 0.253 e. The lowest BCUT2D eigenvalue weighted by atomic mass is 10.0. The van der Waals surface area contributed by atoms with Crippen LogP contribution >= 0.6 is 0 Å². The number of amides is 1. The van der Waals surface area contributed by atoms with Gasteiger partial charge in [0.15, 0.2) is 5.96 Å². The molecule has 0 fully saturated rings. The lowest BCUT2D eigenvalue weighted by Crippen LogP contribution is -2.30. The Bertz CT molecular complexity index is 777. The molecule has 0 aromatic heterocycles. The Hall–Kier alpha value is -2.82. The van der Waals surface area contributed by atoms with Crippen LogP contribution in [0.2, 0.25) is 0 Å². The number of anilines is 1. The van der Waals surface area contributed by atoms with Gasteiger partial charge in [0.1, 0.15) is 0 Å². The van der Waals surface area contributed by atoms with Gasteiger partial charge in [0.25, 0.3) is 5.91 Å². The molecule has 2 rings (SSSR count). The summed E-state index contributed by atoms with van der Waals surface area (Å²) in [5, 5.41) is 3.13. The quantitative estimate of drug-likeness (QED) is 0.569. The number of nitrogens with zero attached hydrogens (tertiary/aromatic N) is 2. The van der Waals surface area contributed by atoms with Crippen LogP contribution < -0.4 is 11.1 Å². The van der Waals surface area contributed by atoms with Crippen LogP contribution in [0, 0.1) is 0 Å². The van der Waals surface area contributed by atoms with Crippen molar-refractivity contribution in [1.29, 1.82) is 0 Å². The van der Waals surface area contributed by atoms with E-state index in [0.29, 0.717) is 37.1 Å². The summed E-state index contributed by atoms with van der Waals surface area (Å²) in [6.45, 7) is 10.2.